The smallest absolute Gasteiger partial charge is 0.299 e. The Morgan fingerprint density at radius 1 is 1.25 bits per heavy atom. The van der Waals surface area contributed by atoms with Crippen LogP contribution in [0.1, 0.15) is 37.1 Å². The second-order valence-electron chi connectivity index (χ2n) is 8.38. The van der Waals surface area contributed by atoms with Gasteiger partial charge in [0.2, 0.25) is 5.54 Å². The van der Waals surface area contributed by atoms with Crippen LogP contribution in [0.3, 0.4) is 0 Å². The molecule has 5 rings (SSSR count). The van der Waals surface area contributed by atoms with Crippen molar-refractivity contribution >= 4 is 22.5 Å². The third-order valence-electron chi connectivity index (χ3n) is 6.24. The van der Waals surface area contributed by atoms with E-state index in [4.69, 9.17) is 0 Å². The van der Waals surface area contributed by atoms with Crippen molar-refractivity contribution in [2.45, 2.75) is 32.2 Å². The van der Waals surface area contributed by atoms with Gasteiger partial charge in [0.15, 0.2) is 0 Å². The number of carbonyl (C=O) groups excluding carboxylic acids is 1. The first-order chi connectivity index (χ1) is 13.5. The number of fused-ring (bicyclic) bond motifs is 6. The fourth-order valence-electron chi connectivity index (χ4n) is 4.88. The number of halogens is 1. The number of quaternary nitrogens is 1. The van der Waals surface area contributed by atoms with E-state index < -0.39 is 5.54 Å². The summed E-state index contributed by atoms with van der Waals surface area (Å²) in [5.74, 6) is 0.399. The van der Waals surface area contributed by atoms with E-state index in [1.165, 1.54) is 6.07 Å². The fourth-order valence-corrected chi connectivity index (χ4v) is 4.88. The maximum Gasteiger partial charge on any atom is 0.299 e. The highest BCUT2D eigenvalue weighted by atomic mass is 19.1. The zero-order valence-corrected chi connectivity index (χ0v) is 16.3. The van der Waals surface area contributed by atoms with Gasteiger partial charge in [0.1, 0.15) is 5.82 Å². The number of para-hydroxylation sites is 1. The van der Waals surface area contributed by atoms with Crippen LogP contribution < -0.4 is 10.2 Å². The van der Waals surface area contributed by atoms with Crippen LogP contribution in [0.5, 0.6) is 0 Å². The average molecular weight is 378 g/mol. The van der Waals surface area contributed by atoms with E-state index in [0.29, 0.717) is 12.5 Å². The minimum atomic E-state index is -0.795. The van der Waals surface area contributed by atoms with Gasteiger partial charge in [0.25, 0.3) is 5.91 Å². The average Bonchev–Trinajstić information content (AvgIpc) is 3.16. The van der Waals surface area contributed by atoms with Gasteiger partial charge in [-0.3, -0.25) is 4.79 Å². The predicted molar refractivity (Wildman–Crippen MR) is 108 cm³/mol. The Kier molecular flexibility index (Phi) is 3.85. The van der Waals surface area contributed by atoms with Crippen molar-refractivity contribution in [2.24, 2.45) is 5.92 Å². The summed E-state index contributed by atoms with van der Waals surface area (Å²) in [5.41, 5.74) is 4.14. The van der Waals surface area contributed by atoms with E-state index in [9.17, 15) is 9.18 Å². The molecule has 2 aliphatic heterocycles. The third kappa shape index (κ3) is 2.29. The minimum Gasteiger partial charge on any atom is -0.352 e. The quantitative estimate of drug-likeness (QED) is 0.723. The molecule has 0 bridgehead atoms. The Morgan fingerprint density at radius 2 is 2.07 bits per heavy atom. The van der Waals surface area contributed by atoms with Crippen LogP contribution in [0.25, 0.3) is 10.9 Å². The number of benzene rings is 2. The number of rotatable bonds is 3. The van der Waals surface area contributed by atoms with Crippen molar-refractivity contribution < 1.29 is 14.5 Å². The maximum absolute atomic E-state index is 13.9. The summed E-state index contributed by atoms with van der Waals surface area (Å²) in [6.07, 6.45) is 1.78. The summed E-state index contributed by atoms with van der Waals surface area (Å²) in [6, 6.07) is 13.0. The van der Waals surface area contributed by atoms with E-state index in [2.05, 4.69) is 30.2 Å². The van der Waals surface area contributed by atoms with Gasteiger partial charge >= 0.3 is 0 Å². The van der Waals surface area contributed by atoms with E-state index in [1.54, 1.807) is 12.1 Å². The van der Waals surface area contributed by atoms with E-state index in [-0.39, 0.29) is 11.7 Å². The number of nitrogens with one attached hydrogen (secondary N) is 1. The number of hydrogen-bond donors (Lipinski definition) is 2. The SMILES string of the molecule is CC(C)CCN1C(=O)[C@]2([NH2+]CCc3c2[nH]c2ccc(F)cc32)c2ccccc21. The molecule has 3 heterocycles. The molecule has 5 heteroatoms. The fraction of sp³-hybridized carbons (Fsp3) is 0.348. The minimum absolute atomic E-state index is 0.113. The van der Waals surface area contributed by atoms with Crippen LogP contribution in [-0.4, -0.2) is 24.0 Å². The molecule has 144 valence electrons. The molecule has 0 aliphatic carbocycles. The first kappa shape index (κ1) is 17.4. The van der Waals surface area contributed by atoms with Gasteiger partial charge in [-0.05, 0) is 48.2 Å². The Hall–Kier alpha value is -2.66. The van der Waals surface area contributed by atoms with Crippen LogP contribution in [0.2, 0.25) is 0 Å². The van der Waals surface area contributed by atoms with Gasteiger partial charge in [0.05, 0.1) is 23.5 Å². The van der Waals surface area contributed by atoms with E-state index in [1.807, 2.05) is 23.1 Å². The number of carbonyl (C=O) groups is 1. The monoisotopic (exact) mass is 378 g/mol. The summed E-state index contributed by atoms with van der Waals surface area (Å²) in [7, 11) is 0. The van der Waals surface area contributed by atoms with Crippen molar-refractivity contribution in [2.75, 3.05) is 18.0 Å². The van der Waals surface area contributed by atoms with Crippen molar-refractivity contribution in [3.8, 4) is 0 Å². The molecule has 1 amide bonds. The third-order valence-corrected chi connectivity index (χ3v) is 6.24. The van der Waals surface area contributed by atoms with Crippen molar-refractivity contribution in [1.29, 1.82) is 0 Å². The lowest BCUT2D eigenvalue weighted by Gasteiger charge is -2.30. The number of amides is 1. The molecule has 0 radical (unpaired) electrons. The number of nitrogens with zero attached hydrogens (tertiary/aromatic N) is 1. The highest BCUT2D eigenvalue weighted by Crippen LogP contribution is 2.45. The number of aromatic nitrogens is 1. The first-order valence-corrected chi connectivity index (χ1v) is 10.1. The highest BCUT2D eigenvalue weighted by Gasteiger charge is 2.58. The Balaban J connectivity index is 1.73. The van der Waals surface area contributed by atoms with Crippen LogP contribution in [-0.2, 0) is 16.8 Å². The summed E-state index contributed by atoms with van der Waals surface area (Å²) >= 11 is 0. The van der Waals surface area contributed by atoms with Gasteiger partial charge in [-0.2, -0.15) is 0 Å². The van der Waals surface area contributed by atoms with E-state index in [0.717, 1.165) is 52.8 Å². The molecule has 0 unspecified atom stereocenters. The van der Waals surface area contributed by atoms with Crippen molar-refractivity contribution in [1.82, 2.24) is 4.98 Å². The van der Waals surface area contributed by atoms with Gasteiger partial charge in [0, 0.05) is 23.9 Å². The molecule has 2 aliphatic rings. The summed E-state index contributed by atoms with van der Waals surface area (Å²) in [6.45, 7) is 5.88. The van der Waals surface area contributed by atoms with Gasteiger partial charge in [-0.25, -0.2) is 4.39 Å². The lowest BCUT2D eigenvalue weighted by molar-refractivity contribution is -0.714. The first-order valence-electron chi connectivity index (χ1n) is 10.1. The van der Waals surface area contributed by atoms with Crippen LogP contribution >= 0.6 is 0 Å². The molecule has 0 saturated carbocycles. The van der Waals surface area contributed by atoms with Gasteiger partial charge in [-0.1, -0.05) is 26.0 Å². The lowest BCUT2D eigenvalue weighted by atomic mass is 9.82. The molecule has 2 aromatic carbocycles. The summed E-state index contributed by atoms with van der Waals surface area (Å²) in [5, 5.41) is 3.06. The zero-order valence-electron chi connectivity index (χ0n) is 16.3. The number of aromatic amines is 1. The summed E-state index contributed by atoms with van der Waals surface area (Å²) < 4.78 is 13.9. The molecular formula is C23H25FN3O+. The van der Waals surface area contributed by atoms with Crippen molar-refractivity contribution in [3.63, 3.8) is 0 Å². The highest BCUT2D eigenvalue weighted by molar-refractivity contribution is 6.09. The molecule has 4 nitrogen and oxygen atoms in total. The normalized spacial score (nSPS) is 21.0. The van der Waals surface area contributed by atoms with Gasteiger partial charge in [-0.15, -0.1) is 0 Å². The molecule has 0 fully saturated rings. The number of nitrogens with two attached hydrogens (primary N) is 1. The van der Waals surface area contributed by atoms with Gasteiger partial charge < -0.3 is 15.2 Å². The van der Waals surface area contributed by atoms with Crippen LogP contribution in [0, 0.1) is 11.7 Å². The lowest BCUT2D eigenvalue weighted by Crippen LogP contribution is -2.99. The van der Waals surface area contributed by atoms with E-state index >= 15 is 0 Å². The van der Waals surface area contributed by atoms with Crippen LogP contribution in [0.15, 0.2) is 42.5 Å². The molecular weight excluding hydrogens is 353 g/mol. The number of anilines is 1. The second kappa shape index (κ2) is 6.17. The van der Waals surface area contributed by atoms with Crippen LogP contribution in [0.4, 0.5) is 10.1 Å². The number of H-pyrrole nitrogens is 1. The largest absolute Gasteiger partial charge is 0.352 e. The number of hydrogen-bond acceptors (Lipinski definition) is 1. The second-order valence-corrected chi connectivity index (χ2v) is 8.38. The molecule has 0 saturated heterocycles. The standard InChI is InChI=1S/C23H24FN3O/c1-14(2)10-12-27-20-6-4-3-5-18(20)23(22(27)28)21-16(9-11-25-23)17-13-15(24)7-8-19(17)26-21/h3-8,13-14,25-26H,9-12H2,1-2H3/p+1/t23-/m0/s1. The molecule has 1 atom stereocenters. The molecule has 1 spiro atoms. The maximum atomic E-state index is 13.9. The Bertz CT molecular complexity index is 1090. The predicted octanol–water partition coefficient (Wildman–Crippen LogP) is 3.06. The summed E-state index contributed by atoms with van der Waals surface area (Å²) in [4.78, 5) is 19.3. The Labute approximate surface area is 163 Å². The zero-order chi connectivity index (χ0) is 19.5. The molecule has 3 aromatic rings. The molecule has 1 aromatic heterocycles. The molecule has 3 N–H and O–H groups in total. The Morgan fingerprint density at radius 3 is 2.89 bits per heavy atom. The topological polar surface area (TPSA) is 52.7 Å². The van der Waals surface area contributed by atoms with Crippen molar-refractivity contribution in [3.05, 3.63) is 65.1 Å². The molecule has 28 heavy (non-hydrogen) atoms.